The number of carbonyl (C=O) groups is 1. The van der Waals surface area contributed by atoms with Crippen molar-refractivity contribution in [3.63, 3.8) is 0 Å². The third-order valence-electron chi connectivity index (χ3n) is 10.8. The van der Waals surface area contributed by atoms with Crippen LogP contribution in [0.25, 0.3) is 22.5 Å². The monoisotopic (exact) mass is 722 g/mol. The summed E-state index contributed by atoms with van der Waals surface area (Å²) in [5.41, 5.74) is 8.67. The molecule has 0 N–H and O–H groups in total. The van der Waals surface area contributed by atoms with E-state index in [4.69, 9.17) is 10.3 Å². The second-order valence-electron chi connectivity index (χ2n) is 14.3. The van der Waals surface area contributed by atoms with E-state index in [1.165, 1.54) is 5.56 Å². The predicted molar refractivity (Wildman–Crippen MR) is 221 cm³/mol. The number of fused-ring (bicyclic) bond motifs is 1. The highest BCUT2D eigenvalue weighted by atomic mass is 16.2. The van der Waals surface area contributed by atoms with E-state index < -0.39 is 5.54 Å². The summed E-state index contributed by atoms with van der Waals surface area (Å²) < 4.78 is 1.98. The average molecular weight is 723 g/mol. The van der Waals surface area contributed by atoms with Crippen molar-refractivity contribution in [3.8, 4) is 22.5 Å². The van der Waals surface area contributed by atoms with Crippen LogP contribution in [0.15, 0.2) is 164 Å². The van der Waals surface area contributed by atoms with Gasteiger partial charge in [0.1, 0.15) is 5.54 Å². The number of hydrogen-bond donors (Lipinski definition) is 0. The third-order valence-corrected chi connectivity index (χ3v) is 10.8. The molecule has 0 fully saturated rings. The van der Waals surface area contributed by atoms with Crippen molar-refractivity contribution in [2.45, 2.75) is 51.1 Å². The van der Waals surface area contributed by atoms with E-state index in [1.54, 1.807) is 0 Å². The van der Waals surface area contributed by atoms with Gasteiger partial charge in [-0.05, 0) is 74.7 Å². The fraction of sp³-hybridized carbons (Fsp3) is 0.208. The summed E-state index contributed by atoms with van der Waals surface area (Å²) in [4.78, 5) is 18.2. The average Bonchev–Trinajstić information content (AvgIpc) is 3.75. The first-order valence-electron chi connectivity index (χ1n) is 19.5. The summed E-state index contributed by atoms with van der Waals surface area (Å²) in [6.45, 7) is 4.22. The SMILES string of the molecule is CCCCCN(Cc1ccc(-c2ccccc2-c2nnnn2C(c2ccccc2)(c2ccccc2)c2ccccc2)cc1)C(=O)N1CCCc2ccccc21. The Hall–Kier alpha value is -6.34. The fourth-order valence-corrected chi connectivity index (χ4v) is 8.12. The van der Waals surface area contributed by atoms with Gasteiger partial charge in [-0.15, -0.1) is 5.10 Å². The van der Waals surface area contributed by atoms with Crippen LogP contribution in [-0.2, 0) is 18.5 Å². The molecular formula is C48H46N6O. The molecule has 6 aromatic carbocycles. The second-order valence-corrected chi connectivity index (χ2v) is 14.3. The summed E-state index contributed by atoms with van der Waals surface area (Å²) in [5, 5.41) is 13.9. The molecule has 0 bridgehead atoms. The number of tetrazole rings is 1. The van der Waals surface area contributed by atoms with Crippen molar-refractivity contribution in [1.82, 2.24) is 25.1 Å². The summed E-state index contributed by atoms with van der Waals surface area (Å²) in [6, 6.07) is 56.8. The van der Waals surface area contributed by atoms with Crippen LogP contribution >= 0.6 is 0 Å². The van der Waals surface area contributed by atoms with E-state index in [2.05, 4.69) is 146 Å². The first-order valence-corrected chi connectivity index (χ1v) is 19.5. The quantitative estimate of drug-likeness (QED) is 0.0930. The van der Waals surface area contributed by atoms with Gasteiger partial charge in [-0.3, -0.25) is 4.90 Å². The third kappa shape index (κ3) is 7.06. The van der Waals surface area contributed by atoms with E-state index in [0.717, 1.165) is 89.8 Å². The Balaban J connectivity index is 1.16. The normalized spacial score (nSPS) is 12.6. The van der Waals surface area contributed by atoms with Crippen molar-refractivity contribution in [3.05, 3.63) is 192 Å². The molecule has 7 nitrogen and oxygen atoms in total. The standard InChI is InChI=1S/C48H46N6O/c1-2-3-17-34-52(47(55)53-35-18-20-39-19-13-16-29-45(39)53)36-37-30-32-38(33-31-37)43-27-14-15-28-44(43)46-49-50-51-54(46)48(40-21-7-4-8-22-40,41-23-9-5-10-24-41)42-25-11-6-12-26-42/h4-16,19,21-33H,2-3,17-18,20,34-36H2,1H3. The molecule has 55 heavy (non-hydrogen) atoms. The lowest BCUT2D eigenvalue weighted by atomic mass is 9.77. The maximum atomic E-state index is 14.2. The van der Waals surface area contributed by atoms with Crippen LogP contribution < -0.4 is 4.90 Å². The van der Waals surface area contributed by atoms with Gasteiger partial charge in [0.15, 0.2) is 5.82 Å². The van der Waals surface area contributed by atoms with Gasteiger partial charge >= 0.3 is 6.03 Å². The molecule has 1 aromatic heterocycles. The minimum atomic E-state index is -0.859. The van der Waals surface area contributed by atoms with Crippen LogP contribution in [-0.4, -0.2) is 44.2 Å². The highest BCUT2D eigenvalue weighted by Gasteiger charge is 2.42. The van der Waals surface area contributed by atoms with Crippen LogP contribution in [0.4, 0.5) is 10.5 Å². The van der Waals surface area contributed by atoms with Gasteiger partial charge in [0.2, 0.25) is 0 Å². The number of carbonyl (C=O) groups excluding carboxylic acids is 1. The number of rotatable bonds is 12. The molecule has 0 aliphatic carbocycles. The molecule has 2 heterocycles. The molecule has 2 amide bonds. The van der Waals surface area contributed by atoms with E-state index in [-0.39, 0.29) is 6.03 Å². The molecule has 0 unspecified atom stereocenters. The van der Waals surface area contributed by atoms with Crippen molar-refractivity contribution < 1.29 is 4.79 Å². The Morgan fingerprint density at radius 2 is 1.25 bits per heavy atom. The van der Waals surface area contributed by atoms with Gasteiger partial charge in [0.05, 0.1) is 0 Å². The van der Waals surface area contributed by atoms with Gasteiger partial charge in [-0.1, -0.05) is 177 Å². The van der Waals surface area contributed by atoms with E-state index >= 15 is 0 Å². The Morgan fingerprint density at radius 1 is 0.673 bits per heavy atom. The summed E-state index contributed by atoms with van der Waals surface area (Å²) in [7, 11) is 0. The maximum Gasteiger partial charge on any atom is 0.324 e. The van der Waals surface area contributed by atoms with Crippen LogP contribution in [0.5, 0.6) is 0 Å². The lowest BCUT2D eigenvalue weighted by molar-refractivity contribution is 0.200. The Bertz CT molecular complexity index is 2230. The minimum Gasteiger partial charge on any atom is -0.320 e. The number of anilines is 1. The Labute approximate surface area is 323 Å². The largest absolute Gasteiger partial charge is 0.324 e. The molecule has 7 aromatic rings. The molecule has 0 radical (unpaired) electrons. The number of para-hydroxylation sites is 1. The van der Waals surface area contributed by atoms with Gasteiger partial charge in [0.25, 0.3) is 0 Å². The zero-order valence-corrected chi connectivity index (χ0v) is 31.3. The molecule has 1 aliphatic heterocycles. The predicted octanol–water partition coefficient (Wildman–Crippen LogP) is 10.4. The molecule has 8 rings (SSSR count). The lowest BCUT2D eigenvalue weighted by Gasteiger charge is -2.36. The molecule has 7 heteroatoms. The Kier molecular flexibility index (Phi) is 10.6. The number of nitrogens with zero attached hydrogens (tertiary/aromatic N) is 6. The van der Waals surface area contributed by atoms with Crippen LogP contribution in [0.1, 0.15) is 60.4 Å². The summed E-state index contributed by atoms with van der Waals surface area (Å²) in [6.07, 6.45) is 5.17. The van der Waals surface area contributed by atoms with Gasteiger partial charge < -0.3 is 4.90 Å². The molecule has 0 spiro atoms. The number of unbranched alkanes of at least 4 members (excludes halogenated alkanes) is 2. The van der Waals surface area contributed by atoms with Crippen LogP contribution in [0, 0.1) is 0 Å². The maximum absolute atomic E-state index is 14.2. The number of urea groups is 1. The number of hydrogen-bond acceptors (Lipinski definition) is 4. The first kappa shape index (κ1) is 35.7. The highest BCUT2D eigenvalue weighted by Crippen LogP contribution is 2.43. The van der Waals surface area contributed by atoms with Crippen molar-refractivity contribution in [1.29, 1.82) is 0 Å². The summed E-state index contributed by atoms with van der Waals surface area (Å²) >= 11 is 0. The molecule has 0 saturated heterocycles. The number of amides is 2. The van der Waals surface area contributed by atoms with Crippen LogP contribution in [0.2, 0.25) is 0 Å². The first-order chi connectivity index (χ1) is 27.2. The van der Waals surface area contributed by atoms with Gasteiger partial charge in [-0.2, -0.15) is 0 Å². The van der Waals surface area contributed by atoms with Gasteiger partial charge in [0, 0.05) is 30.9 Å². The molecule has 274 valence electrons. The zero-order valence-electron chi connectivity index (χ0n) is 31.3. The van der Waals surface area contributed by atoms with Crippen molar-refractivity contribution in [2.75, 3.05) is 18.0 Å². The number of benzene rings is 6. The fourth-order valence-electron chi connectivity index (χ4n) is 8.12. The highest BCUT2D eigenvalue weighted by molar-refractivity contribution is 5.93. The van der Waals surface area contributed by atoms with Crippen molar-refractivity contribution in [2.24, 2.45) is 0 Å². The molecule has 0 saturated carbocycles. The lowest BCUT2D eigenvalue weighted by Crippen LogP contribution is -2.45. The molecule has 0 atom stereocenters. The zero-order chi connectivity index (χ0) is 37.5. The van der Waals surface area contributed by atoms with E-state index in [1.807, 2.05) is 44.8 Å². The van der Waals surface area contributed by atoms with Crippen LogP contribution in [0.3, 0.4) is 0 Å². The molecule has 1 aliphatic rings. The Morgan fingerprint density at radius 3 is 1.89 bits per heavy atom. The van der Waals surface area contributed by atoms with Gasteiger partial charge in [-0.25, -0.2) is 9.48 Å². The minimum absolute atomic E-state index is 0.0863. The van der Waals surface area contributed by atoms with Crippen molar-refractivity contribution >= 4 is 11.7 Å². The number of aromatic nitrogens is 4. The smallest absolute Gasteiger partial charge is 0.320 e. The summed E-state index contributed by atoms with van der Waals surface area (Å²) in [5.74, 6) is 0.658. The topological polar surface area (TPSA) is 67.2 Å². The van der Waals surface area contributed by atoms with E-state index in [0.29, 0.717) is 12.4 Å². The number of aryl methyl sites for hydroxylation is 1. The molecular weight excluding hydrogens is 677 g/mol. The second kappa shape index (κ2) is 16.4. The van der Waals surface area contributed by atoms with E-state index in [9.17, 15) is 4.79 Å².